The van der Waals surface area contributed by atoms with Crippen LogP contribution in [0.1, 0.15) is 15.9 Å². The Labute approximate surface area is 158 Å². The molecule has 144 valence electrons. The molecule has 2 N–H and O–H groups in total. The Bertz CT molecular complexity index is 945. The van der Waals surface area contributed by atoms with E-state index in [0.717, 1.165) is 17.7 Å². The van der Waals surface area contributed by atoms with Gasteiger partial charge in [-0.2, -0.15) is 0 Å². The first-order valence-corrected chi connectivity index (χ1v) is 9.54. The van der Waals surface area contributed by atoms with Crippen molar-refractivity contribution in [2.75, 3.05) is 25.5 Å². The number of anilines is 1. The van der Waals surface area contributed by atoms with E-state index < -0.39 is 26.6 Å². The predicted octanol–water partition coefficient (Wildman–Crippen LogP) is 1.68. The SMILES string of the molecule is C=CCNS(=O)(=O)c1cc(C(=O)NCc2cccnc2N(C)C)ccc1F. The van der Waals surface area contributed by atoms with Crippen LogP contribution in [0.15, 0.2) is 54.1 Å². The van der Waals surface area contributed by atoms with E-state index in [-0.39, 0.29) is 18.7 Å². The molecule has 0 aliphatic rings. The Kier molecular flexibility index (Phi) is 6.65. The molecule has 1 heterocycles. The zero-order valence-electron chi connectivity index (χ0n) is 15.1. The number of carbonyl (C=O) groups is 1. The van der Waals surface area contributed by atoms with Crippen LogP contribution in [0.5, 0.6) is 0 Å². The van der Waals surface area contributed by atoms with Gasteiger partial charge in [0, 0.05) is 44.5 Å². The third-order valence-corrected chi connectivity index (χ3v) is 5.07. The first-order valence-electron chi connectivity index (χ1n) is 8.06. The first-order chi connectivity index (χ1) is 12.8. The van der Waals surface area contributed by atoms with E-state index in [2.05, 4.69) is 21.6 Å². The maximum atomic E-state index is 14.0. The maximum absolute atomic E-state index is 14.0. The van der Waals surface area contributed by atoms with Crippen molar-refractivity contribution in [2.24, 2.45) is 0 Å². The van der Waals surface area contributed by atoms with Gasteiger partial charge in [0.15, 0.2) is 0 Å². The van der Waals surface area contributed by atoms with E-state index in [1.54, 1.807) is 12.3 Å². The van der Waals surface area contributed by atoms with Crippen LogP contribution in [0.25, 0.3) is 0 Å². The molecule has 0 radical (unpaired) electrons. The minimum atomic E-state index is -4.09. The number of rotatable bonds is 8. The van der Waals surface area contributed by atoms with Gasteiger partial charge in [-0.25, -0.2) is 22.5 Å². The normalized spacial score (nSPS) is 11.1. The number of carbonyl (C=O) groups excluding carboxylic acids is 1. The van der Waals surface area contributed by atoms with Crippen molar-refractivity contribution in [1.29, 1.82) is 0 Å². The molecular formula is C18H21FN4O3S. The summed E-state index contributed by atoms with van der Waals surface area (Å²) >= 11 is 0. The summed E-state index contributed by atoms with van der Waals surface area (Å²) in [5.74, 6) is -0.761. The Morgan fingerprint density at radius 3 is 2.74 bits per heavy atom. The zero-order valence-corrected chi connectivity index (χ0v) is 15.9. The molecule has 1 aromatic carbocycles. The maximum Gasteiger partial charge on any atom is 0.251 e. The monoisotopic (exact) mass is 392 g/mol. The fourth-order valence-electron chi connectivity index (χ4n) is 2.35. The summed E-state index contributed by atoms with van der Waals surface area (Å²) in [6, 6.07) is 6.76. The van der Waals surface area contributed by atoms with E-state index in [1.807, 2.05) is 25.1 Å². The third-order valence-electron chi connectivity index (χ3n) is 3.63. The minimum Gasteiger partial charge on any atom is -0.362 e. The molecule has 2 aromatic rings. The zero-order chi connectivity index (χ0) is 20.0. The van der Waals surface area contributed by atoms with Crippen LogP contribution in [0.2, 0.25) is 0 Å². The Morgan fingerprint density at radius 2 is 2.07 bits per heavy atom. The van der Waals surface area contributed by atoms with E-state index >= 15 is 0 Å². The summed E-state index contributed by atoms with van der Waals surface area (Å²) < 4.78 is 40.4. The smallest absolute Gasteiger partial charge is 0.251 e. The molecule has 27 heavy (non-hydrogen) atoms. The standard InChI is InChI=1S/C18H21FN4O3S/c1-4-9-22-27(25,26)16-11-13(7-8-15(16)19)18(24)21-12-14-6-5-10-20-17(14)23(2)3/h4-8,10-11,22H,1,9,12H2,2-3H3,(H,21,24). The molecule has 9 heteroatoms. The average Bonchev–Trinajstić information content (AvgIpc) is 2.64. The number of nitrogens with zero attached hydrogens (tertiary/aromatic N) is 2. The second kappa shape index (κ2) is 8.74. The van der Waals surface area contributed by atoms with Crippen molar-refractivity contribution in [3.05, 3.63) is 66.1 Å². The molecule has 0 saturated heterocycles. The van der Waals surface area contributed by atoms with Gasteiger partial charge in [-0.15, -0.1) is 6.58 Å². The minimum absolute atomic E-state index is 0.0330. The Morgan fingerprint density at radius 1 is 1.33 bits per heavy atom. The number of halogens is 1. The molecule has 0 atom stereocenters. The van der Waals surface area contributed by atoms with Crippen LogP contribution in [0, 0.1) is 5.82 Å². The molecule has 0 unspecified atom stereocenters. The second-order valence-electron chi connectivity index (χ2n) is 5.85. The second-order valence-corrected chi connectivity index (χ2v) is 7.58. The number of aromatic nitrogens is 1. The van der Waals surface area contributed by atoms with Gasteiger partial charge in [-0.3, -0.25) is 4.79 Å². The van der Waals surface area contributed by atoms with Gasteiger partial charge in [0.05, 0.1) is 0 Å². The summed E-state index contributed by atoms with van der Waals surface area (Å²) in [7, 11) is -0.418. The largest absolute Gasteiger partial charge is 0.362 e. The van der Waals surface area contributed by atoms with Gasteiger partial charge in [-0.05, 0) is 24.3 Å². The van der Waals surface area contributed by atoms with Crippen molar-refractivity contribution >= 4 is 21.7 Å². The van der Waals surface area contributed by atoms with Crippen LogP contribution >= 0.6 is 0 Å². The molecule has 7 nitrogen and oxygen atoms in total. The summed E-state index contributed by atoms with van der Waals surface area (Å²) in [5, 5.41) is 2.69. The highest BCUT2D eigenvalue weighted by molar-refractivity contribution is 7.89. The highest BCUT2D eigenvalue weighted by Crippen LogP contribution is 2.17. The van der Waals surface area contributed by atoms with Gasteiger partial charge >= 0.3 is 0 Å². The lowest BCUT2D eigenvalue weighted by atomic mass is 10.2. The Balaban J connectivity index is 2.21. The highest BCUT2D eigenvalue weighted by atomic mass is 32.2. The van der Waals surface area contributed by atoms with Crippen molar-refractivity contribution in [1.82, 2.24) is 15.0 Å². The molecule has 2 rings (SSSR count). The summed E-state index contributed by atoms with van der Waals surface area (Å²) in [6.07, 6.45) is 2.98. The van der Waals surface area contributed by atoms with Crippen LogP contribution in [-0.4, -0.2) is 39.9 Å². The lowest BCUT2D eigenvalue weighted by Crippen LogP contribution is -2.27. The van der Waals surface area contributed by atoms with Crippen molar-refractivity contribution in [3.63, 3.8) is 0 Å². The molecule has 0 saturated carbocycles. The average molecular weight is 392 g/mol. The molecular weight excluding hydrogens is 371 g/mol. The molecule has 0 bridgehead atoms. The lowest BCUT2D eigenvalue weighted by Gasteiger charge is -2.16. The summed E-state index contributed by atoms with van der Waals surface area (Å²) in [4.78, 5) is 17.9. The predicted molar refractivity (Wildman–Crippen MR) is 102 cm³/mol. The summed E-state index contributed by atoms with van der Waals surface area (Å²) in [5.41, 5.74) is 0.823. The van der Waals surface area contributed by atoms with E-state index in [1.165, 1.54) is 12.1 Å². The first kappa shape index (κ1) is 20.5. The molecule has 1 amide bonds. The van der Waals surface area contributed by atoms with Crippen molar-refractivity contribution in [3.8, 4) is 0 Å². The number of sulfonamides is 1. The van der Waals surface area contributed by atoms with Gasteiger partial charge in [0.1, 0.15) is 16.5 Å². The van der Waals surface area contributed by atoms with Gasteiger partial charge < -0.3 is 10.2 Å². The van der Waals surface area contributed by atoms with E-state index in [0.29, 0.717) is 5.82 Å². The third kappa shape index (κ3) is 5.11. The fourth-order valence-corrected chi connectivity index (χ4v) is 3.45. The molecule has 1 aromatic heterocycles. The number of hydrogen-bond donors (Lipinski definition) is 2. The Hall–Kier alpha value is -2.78. The molecule has 0 spiro atoms. The molecule has 0 aliphatic carbocycles. The van der Waals surface area contributed by atoms with E-state index in [4.69, 9.17) is 0 Å². The highest BCUT2D eigenvalue weighted by Gasteiger charge is 2.20. The van der Waals surface area contributed by atoms with Gasteiger partial charge in [0.25, 0.3) is 5.91 Å². The number of nitrogens with one attached hydrogen (secondary N) is 2. The lowest BCUT2D eigenvalue weighted by molar-refractivity contribution is 0.0950. The van der Waals surface area contributed by atoms with Gasteiger partial charge in [0.2, 0.25) is 10.0 Å². The number of amides is 1. The number of benzene rings is 1. The number of hydrogen-bond acceptors (Lipinski definition) is 5. The van der Waals surface area contributed by atoms with Crippen molar-refractivity contribution in [2.45, 2.75) is 11.4 Å². The van der Waals surface area contributed by atoms with Crippen molar-refractivity contribution < 1.29 is 17.6 Å². The van der Waals surface area contributed by atoms with Crippen LogP contribution in [-0.2, 0) is 16.6 Å². The van der Waals surface area contributed by atoms with Crippen LogP contribution < -0.4 is 14.9 Å². The quantitative estimate of drug-likeness (QED) is 0.667. The topological polar surface area (TPSA) is 91.4 Å². The number of pyridine rings is 1. The van der Waals surface area contributed by atoms with Gasteiger partial charge in [-0.1, -0.05) is 12.1 Å². The molecule has 0 aliphatic heterocycles. The fraction of sp³-hybridized carbons (Fsp3) is 0.222. The summed E-state index contributed by atoms with van der Waals surface area (Å²) in [6.45, 7) is 3.54. The van der Waals surface area contributed by atoms with E-state index in [9.17, 15) is 17.6 Å². The van der Waals surface area contributed by atoms with Crippen LogP contribution in [0.3, 0.4) is 0 Å². The molecule has 0 fully saturated rings. The van der Waals surface area contributed by atoms with Crippen LogP contribution in [0.4, 0.5) is 10.2 Å².